The molecule has 0 N–H and O–H groups in total. The van der Waals surface area contributed by atoms with E-state index in [0.717, 1.165) is 43.5 Å². The molecule has 0 aromatic heterocycles. The van der Waals surface area contributed by atoms with Gasteiger partial charge in [0.1, 0.15) is 11.5 Å². The van der Waals surface area contributed by atoms with Crippen molar-refractivity contribution in [1.82, 2.24) is 4.90 Å². The Bertz CT molecular complexity index is 348. The molecule has 2 rings (SSSR count). The molecule has 0 atom stereocenters. The van der Waals surface area contributed by atoms with Crippen LogP contribution in [0.15, 0.2) is 11.5 Å². The number of nitrogens with zero attached hydrogens (tertiary/aromatic N) is 1. The van der Waals surface area contributed by atoms with Crippen LogP contribution in [0.5, 0.6) is 0 Å². The summed E-state index contributed by atoms with van der Waals surface area (Å²) in [6.45, 7) is 15.8. The highest BCUT2D eigenvalue weighted by Gasteiger charge is 2.33. The molecule has 1 saturated carbocycles. The summed E-state index contributed by atoms with van der Waals surface area (Å²) >= 11 is 0. The van der Waals surface area contributed by atoms with Gasteiger partial charge >= 0.3 is 0 Å². The monoisotopic (exact) mass is 313 g/mol. The molecule has 116 valence electrons. The Balaban J connectivity index is 2.11. The summed E-state index contributed by atoms with van der Waals surface area (Å²) in [7, 11) is -3.12. The van der Waals surface area contributed by atoms with E-state index in [1.165, 1.54) is 12.8 Å². The first-order valence-corrected chi connectivity index (χ1v) is 14.8. The smallest absolute Gasteiger partial charge is 0.241 e. The molecule has 3 nitrogen and oxygen atoms in total. The van der Waals surface area contributed by atoms with Crippen LogP contribution < -0.4 is 0 Å². The largest absolute Gasteiger partial charge is 0.545 e. The first-order valence-electron chi connectivity index (χ1n) is 7.98. The Morgan fingerprint density at radius 3 is 1.50 bits per heavy atom. The van der Waals surface area contributed by atoms with Crippen LogP contribution in [0.25, 0.3) is 0 Å². The maximum absolute atomic E-state index is 6.35. The Labute approximate surface area is 126 Å². The van der Waals surface area contributed by atoms with Crippen molar-refractivity contribution in [1.29, 1.82) is 0 Å². The van der Waals surface area contributed by atoms with Gasteiger partial charge in [0.2, 0.25) is 16.6 Å². The fraction of sp³-hybridized carbons (Fsp3) is 0.867. The lowest BCUT2D eigenvalue weighted by Gasteiger charge is -2.27. The lowest BCUT2D eigenvalue weighted by molar-refractivity contribution is 0.265. The van der Waals surface area contributed by atoms with Gasteiger partial charge in [0, 0.05) is 32.0 Å². The van der Waals surface area contributed by atoms with Crippen molar-refractivity contribution in [3.63, 3.8) is 0 Å². The Morgan fingerprint density at radius 2 is 1.20 bits per heavy atom. The van der Waals surface area contributed by atoms with Crippen molar-refractivity contribution in [2.24, 2.45) is 0 Å². The molecule has 1 heterocycles. The Hall–Kier alpha value is -0.266. The van der Waals surface area contributed by atoms with E-state index >= 15 is 0 Å². The van der Waals surface area contributed by atoms with E-state index in [9.17, 15) is 0 Å². The standard InChI is InChI=1S/C15H31NO2Si2/c1-19(2,3)17-14-9-11-16(13-7-8-13)12-10-15(14)18-20(4,5)6/h13H,7-12H2,1-6H3. The van der Waals surface area contributed by atoms with Crippen LogP contribution in [0.2, 0.25) is 39.3 Å². The van der Waals surface area contributed by atoms with Gasteiger partial charge in [-0.05, 0) is 52.1 Å². The van der Waals surface area contributed by atoms with E-state index in [1.54, 1.807) is 0 Å². The van der Waals surface area contributed by atoms with Crippen molar-refractivity contribution in [2.45, 2.75) is 71.0 Å². The average molecular weight is 314 g/mol. The van der Waals surface area contributed by atoms with Gasteiger partial charge in [-0.2, -0.15) is 0 Å². The predicted molar refractivity (Wildman–Crippen MR) is 89.7 cm³/mol. The van der Waals surface area contributed by atoms with Gasteiger partial charge in [-0.15, -0.1) is 0 Å². The zero-order chi connectivity index (χ0) is 15.0. The highest BCUT2D eigenvalue weighted by atomic mass is 28.4. The van der Waals surface area contributed by atoms with Crippen molar-refractivity contribution in [3.8, 4) is 0 Å². The quantitative estimate of drug-likeness (QED) is 0.711. The molecular weight excluding hydrogens is 282 g/mol. The van der Waals surface area contributed by atoms with Gasteiger partial charge in [0.15, 0.2) is 0 Å². The third-order valence-electron chi connectivity index (χ3n) is 3.49. The molecule has 1 fully saturated rings. The van der Waals surface area contributed by atoms with Crippen molar-refractivity contribution >= 4 is 16.6 Å². The normalized spacial score (nSPS) is 22.7. The van der Waals surface area contributed by atoms with Crippen molar-refractivity contribution in [3.05, 3.63) is 11.5 Å². The zero-order valence-corrected chi connectivity index (χ0v) is 16.1. The zero-order valence-electron chi connectivity index (χ0n) is 14.1. The van der Waals surface area contributed by atoms with Crippen LogP contribution in [0, 0.1) is 0 Å². The van der Waals surface area contributed by atoms with E-state index in [0.29, 0.717) is 0 Å². The third kappa shape index (κ3) is 5.26. The summed E-state index contributed by atoms with van der Waals surface area (Å²) in [5.74, 6) is 2.32. The molecule has 0 aromatic carbocycles. The number of hydrogen-bond donors (Lipinski definition) is 0. The van der Waals surface area contributed by atoms with Gasteiger partial charge < -0.3 is 8.85 Å². The van der Waals surface area contributed by atoms with Crippen LogP contribution in [0.1, 0.15) is 25.7 Å². The molecule has 0 unspecified atom stereocenters. The molecule has 20 heavy (non-hydrogen) atoms. The lowest BCUT2D eigenvalue weighted by atomic mass is 10.3. The van der Waals surface area contributed by atoms with E-state index < -0.39 is 16.6 Å². The molecule has 0 bridgehead atoms. The SMILES string of the molecule is C[Si](C)(C)OC1=C(O[Si](C)(C)C)CCN(C2CC2)CC1. The second-order valence-electron chi connectivity index (χ2n) is 8.04. The second-order valence-corrected chi connectivity index (χ2v) is 16.9. The van der Waals surface area contributed by atoms with E-state index in [1.807, 2.05) is 0 Å². The minimum atomic E-state index is -1.56. The highest BCUT2D eigenvalue weighted by Crippen LogP contribution is 2.32. The van der Waals surface area contributed by atoms with Gasteiger partial charge in [-0.3, -0.25) is 4.90 Å². The summed E-state index contributed by atoms with van der Waals surface area (Å²) in [6.07, 6.45) is 4.82. The average Bonchev–Trinajstić information content (AvgIpc) is 3.04. The van der Waals surface area contributed by atoms with Gasteiger partial charge in [0.05, 0.1) is 0 Å². The molecule has 0 amide bonds. The topological polar surface area (TPSA) is 21.7 Å². The van der Waals surface area contributed by atoms with Gasteiger partial charge in [-0.25, -0.2) is 0 Å². The predicted octanol–water partition coefficient (Wildman–Crippen LogP) is 4.16. The van der Waals surface area contributed by atoms with Crippen LogP contribution >= 0.6 is 0 Å². The summed E-state index contributed by atoms with van der Waals surface area (Å²) in [6, 6.07) is 0.842. The molecule has 5 heteroatoms. The van der Waals surface area contributed by atoms with Crippen molar-refractivity contribution in [2.75, 3.05) is 13.1 Å². The summed E-state index contributed by atoms with van der Waals surface area (Å²) in [4.78, 5) is 2.63. The summed E-state index contributed by atoms with van der Waals surface area (Å²) < 4.78 is 12.7. The minimum Gasteiger partial charge on any atom is -0.545 e. The summed E-state index contributed by atoms with van der Waals surface area (Å²) in [5.41, 5.74) is 0. The number of rotatable bonds is 5. The molecule has 1 aliphatic carbocycles. The van der Waals surface area contributed by atoms with E-state index in [4.69, 9.17) is 8.85 Å². The number of hydrogen-bond acceptors (Lipinski definition) is 3. The molecule has 1 aliphatic heterocycles. The van der Waals surface area contributed by atoms with Crippen LogP contribution in [0.3, 0.4) is 0 Å². The van der Waals surface area contributed by atoms with Crippen LogP contribution in [-0.4, -0.2) is 40.7 Å². The van der Waals surface area contributed by atoms with Crippen molar-refractivity contribution < 1.29 is 8.85 Å². The van der Waals surface area contributed by atoms with Gasteiger partial charge in [0.25, 0.3) is 0 Å². The second kappa shape index (κ2) is 5.85. The van der Waals surface area contributed by atoms with E-state index in [-0.39, 0.29) is 0 Å². The molecule has 0 saturated heterocycles. The first kappa shape index (κ1) is 16.1. The molecular formula is C15H31NO2Si2. The maximum Gasteiger partial charge on any atom is 0.241 e. The highest BCUT2D eigenvalue weighted by molar-refractivity contribution is 6.70. The fourth-order valence-electron chi connectivity index (χ4n) is 2.64. The minimum absolute atomic E-state index is 0.842. The Morgan fingerprint density at radius 1 is 0.800 bits per heavy atom. The van der Waals surface area contributed by atoms with Gasteiger partial charge in [-0.1, -0.05) is 0 Å². The summed E-state index contributed by atoms with van der Waals surface area (Å²) in [5, 5.41) is 0. The first-order chi connectivity index (χ1) is 9.14. The lowest BCUT2D eigenvalue weighted by Crippen LogP contribution is -2.29. The van der Waals surface area contributed by atoms with Crippen LogP contribution in [-0.2, 0) is 8.85 Å². The van der Waals surface area contributed by atoms with Crippen LogP contribution in [0.4, 0.5) is 0 Å². The fourth-order valence-corrected chi connectivity index (χ4v) is 4.55. The molecule has 0 spiro atoms. The molecule has 0 aromatic rings. The third-order valence-corrected chi connectivity index (χ3v) is 5.20. The maximum atomic E-state index is 6.35. The molecule has 0 radical (unpaired) electrons. The molecule has 2 aliphatic rings. The Kier molecular flexibility index (Phi) is 4.71. The van der Waals surface area contributed by atoms with E-state index in [2.05, 4.69) is 44.2 Å².